The quantitative estimate of drug-likeness (QED) is 0.166. The molecule has 1 aliphatic rings. The van der Waals surface area contributed by atoms with Crippen LogP contribution in [0.4, 0.5) is 17.1 Å². The van der Waals surface area contributed by atoms with E-state index in [0.29, 0.717) is 0 Å². The van der Waals surface area contributed by atoms with Gasteiger partial charge in [-0.1, -0.05) is 166 Å². The Hall–Kier alpha value is -6.44. The van der Waals surface area contributed by atoms with E-state index in [2.05, 4.69) is 207 Å². The number of para-hydroxylation sites is 1. The molecule has 10 rings (SSSR count). The highest BCUT2D eigenvalue weighted by molar-refractivity contribution is 6.14. The maximum Gasteiger partial charge on any atom is 0.0540 e. The van der Waals surface area contributed by atoms with Crippen LogP contribution in [0.3, 0.4) is 0 Å². The van der Waals surface area contributed by atoms with Crippen molar-refractivity contribution >= 4 is 49.4 Å². The van der Waals surface area contributed by atoms with E-state index >= 15 is 0 Å². The van der Waals surface area contributed by atoms with Crippen molar-refractivity contribution in [2.45, 2.75) is 19.3 Å². The minimum Gasteiger partial charge on any atom is -0.310 e. The summed E-state index contributed by atoms with van der Waals surface area (Å²) in [5.74, 6) is 0. The molecule has 0 fully saturated rings. The van der Waals surface area contributed by atoms with Crippen LogP contribution in [0.1, 0.15) is 25.0 Å². The fraction of sp³-hybridized carbons (Fsp3) is 0.0588. The highest BCUT2D eigenvalue weighted by atomic mass is 15.1. The molecule has 0 spiro atoms. The molecule has 1 heteroatoms. The number of anilines is 3. The number of nitrogens with zero attached hydrogens (tertiary/aromatic N) is 1. The molecule has 0 saturated heterocycles. The van der Waals surface area contributed by atoms with Gasteiger partial charge >= 0.3 is 0 Å². The average Bonchev–Trinajstić information content (AvgIpc) is 3.43. The van der Waals surface area contributed by atoms with Gasteiger partial charge < -0.3 is 4.90 Å². The van der Waals surface area contributed by atoms with Crippen LogP contribution in [0.25, 0.3) is 65.7 Å². The van der Waals surface area contributed by atoms with Crippen LogP contribution in [0.2, 0.25) is 0 Å². The zero-order valence-electron chi connectivity index (χ0n) is 29.3. The van der Waals surface area contributed by atoms with Gasteiger partial charge in [-0.15, -0.1) is 0 Å². The molecule has 246 valence electrons. The van der Waals surface area contributed by atoms with Crippen LogP contribution in [0.15, 0.2) is 188 Å². The zero-order chi connectivity index (χ0) is 34.8. The minimum absolute atomic E-state index is 0.116. The van der Waals surface area contributed by atoms with Crippen molar-refractivity contribution in [1.29, 1.82) is 0 Å². The molecule has 0 atom stereocenters. The summed E-state index contributed by atoms with van der Waals surface area (Å²) in [5.41, 5.74) is 13.6. The Morgan fingerprint density at radius 3 is 1.81 bits per heavy atom. The van der Waals surface area contributed by atoms with Gasteiger partial charge in [0.2, 0.25) is 0 Å². The molecule has 9 aromatic carbocycles. The maximum atomic E-state index is 2.48. The molecule has 0 unspecified atom stereocenters. The fourth-order valence-corrected chi connectivity index (χ4v) is 8.72. The Bertz CT molecular complexity index is 2830. The predicted molar refractivity (Wildman–Crippen MR) is 222 cm³/mol. The lowest BCUT2D eigenvalue weighted by molar-refractivity contribution is 0.660. The highest BCUT2D eigenvalue weighted by Crippen LogP contribution is 2.51. The van der Waals surface area contributed by atoms with Gasteiger partial charge in [-0.25, -0.2) is 0 Å². The number of fused-ring (bicyclic) bond motifs is 7. The number of hydrogen-bond donors (Lipinski definition) is 0. The smallest absolute Gasteiger partial charge is 0.0540 e. The Morgan fingerprint density at radius 2 is 0.942 bits per heavy atom. The van der Waals surface area contributed by atoms with Gasteiger partial charge in [-0.05, 0) is 108 Å². The van der Waals surface area contributed by atoms with Gasteiger partial charge in [-0.2, -0.15) is 0 Å². The monoisotopic (exact) mass is 663 g/mol. The molecule has 0 N–H and O–H groups in total. The molecule has 52 heavy (non-hydrogen) atoms. The van der Waals surface area contributed by atoms with Gasteiger partial charge in [0.15, 0.2) is 0 Å². The SMILES string of the molecule is CC1(C)c2ccccc2-c2ccc(N(c3cccc(-c4cc5ccccc5c5ccccc45)c3)c3ccccc3-c3cccc4ccccc34)cc21. The molecule has 0 bridgehead atoms. The van der Waals surface area contributed by atoms with E-state index in [1.807, 2.05) is 0 Å². The summed E-state index contributed by atoms with van der Waals surface area (Å²) in [6.45, 7) is 4.72. The lowest BCUT2D eigenvalue weighted by Gasteiger charge is -2.30. The van der Waals surface area contributed by atoms with E-state index in [1.54, 1.807) is 0 Å². The topological polar surface area (TPSA) is 3.24 Å². The molecule has 0 amide bonds. The summed E-state index contributed by atoms with van der Waals surface area (Å²) in [4.78, 5) is 2.48. The standard InChI is InChI=1S/C51H37N/c1-51(2)48-27-11-9-24-44(48)45-30-29-38(33-49(45)51)52(50-28-12-10-25-46(50)42-26-14-17-34-15-3-5-20-39(34)42)37-19-13-18-35(31-37)47-32-36-16-4-6-21-40(36)41-22-7-8-23-43(41)47/h3-33H,1-2H3. The third kappa shape index (κ3) is 4.70. The first-order valence-electron chi connectivity index (χ1n) is 18.2. The van der Waals surface area contributed by atoms with Gasteiger partial charge in [0, 0.05) is 22.4 Å². The third-order valence-corrected chi connectivity index (χ3v) is 11.2. The van der Waals surface area contributed by atoms with Gasteiger partial charge in [0.1, 0.15) is 0 Å². The van der Waals surface area contributed by atoms with Crippen molar-refractivity contribution in [2.24, 2.45) is 0 Å². The minimum atomic E-state index is -0.116. The molecule has 1 nitrogen and oxygen atoms in total. The van der Waals surface area contributed by atoms with Gasteiger partial charge in [0.05, 0.1) is 5.69 Å². The van der Waals surface area contributed by atoms with Crippen molar-refractivity contribution < 1.29 is 0 Å². The van der Waals surface area contributed by atoms with Crippen LogP contribution >= 0.6 is 0 Å². The summed E-state index contributed by atoms with van der Waals surface area (Å²) < 4.78 is 0. The first kappa shape index (κ1) is 30.4. The van der Waals surface area contributed by atoms with Crippen molar-refractivity contribution in [3.8, 4) is 33.4 Å². The molecule has 0 aliphatic heterocycles. The molecular weight excluding hydrogens is 627 g/mol. The summed E-state index contributed by atoms with van der Waals surface area (Å²) in [5, 5.41) is 7.56. The van der Waals surface area contributed by atoms with Crippen molar-refractivity contribution in [1.82, 2.24) is 0 Å². The summed E-state index contributed by atoms with van der Waals surface area (Å²) in [6, 6.07) is 69.3. The Kier molecular flexibility index (Phi) is 6.91. The molecule has 0 radical (unpaired) electrons. The van der Waals surface area contributed by atoms with E-state index in [-0.39, 0.29) is 5.41 Å². The first-order valence-corrected chi connectivity index (χ1v) is 18.2. The zero-order valence-corrected chi connectivity index (χ0v) is 29.3. The Balaban J connectivity index is 1.22. The highest BCUT2D eigenvalue weighted by Gasteiger charge is 2.36. The van der Waals surface area contributed by atoms with Crippen LogP contribution in [-0.2, 0) is 5.41 Å². The van der Waals surface area contributed by atoms with Crippen LogP contribution in [0.5, 0.6) is 0 Å². The maximum absolute atomic E-state index is 2.48. The summed E-state index contributed by atoms with van der Waals surface area (Å²) in [6.07, 6.45) is 0. The van der Waals surface area contributed by atoms with E-state index < -0.39 is 0 Å². The largest absolute Gasteiger partial charge is 0.310 e. The second-order valence-corrected chi connectivity index (χ2v) is 14.5. The van der Waals surface area contributed by atoms with Crippen molar-refractivity contribution in [3.05, 3.63) is 199 Å². The van der Waals surface area contributed by atoms with Crippen LogP contribution < -0.4 is 4.90 Å². The van der Waals surface area contributed by atoms with E-state index in [9.17, 15) is 0 Å². The lowest BCUT2D eigenvalue weighted by atomic mass is 9.82. The molecular formula is C51H37N. The number of hydrogen-bond acceptors (Lipinski definition) is 1. The molecule has 0 saturated carbocycles. The van der Waals surface area contributed by atoms with Crippen LogP contribution in [-0.4, -0.2) is 0 Å². The first-order chi connectivity index (χ1) is 25.6. The molecule has 1 aliphatic carbocycles. The Labute approximate surface area is 305 Å². The van der Waals surface area contributed by atoms with E-state index in [1.165, 1.54) is 76.8 Å². The molecule has 9 aromatic rings. The van der Waals surface area contributed by atoms with Gasteiger partial charge in [0.25, 0.3) is 0 Å². The van der Waals surface area contributed by atoms with E-state index in [0.717, 1.165) is 17.1 Å². The van der Waals surface area contributed by atoms with Crippen molar-refractivity contribution in [3.63, 3.8) is 0 Å². The van der Waals surface area contributed by atoms with E-state index in [4.69, 9.17) is 0 Å². The second kappa shape index (κ2) is 11.8. The second-order valence-electron chi connectivity index (χ2n) is 14.5. The molecule has 0 heterocycles. The van der Waals surface area contributed by atoms with Gasteiger partial charge in [-0.3, -0.25) is 0 Å². The fourth-order valence-electron chi connectivity index (χ4n) is 8.72. The normalized spacial score (nSPS) is 13.0. The number of benzene rings is 9. The lowest BCUT2D eigenvalue weighted by Crippen LogP contribution is -2.17. The number of rotatable bonds is 5. The third-order valence-electron chi connectivity index (χ3n) is 11.2. The van der Waals surface area contributed by atoms with Crippen molar-refractivity contribution in [2.75, 3.05) is 4.90 Å². The summed E-state index contributed by atoms with van der Waals surface area (Å²) in [7, 11) is 0. The predicted octanol–water partition coefficient (Wildman–Crippen LogP) is 14.3. The summed E-state index contributed by atoms with van der Waals surface area (Å²) >= 11 is 0. The van der Waals surface area contributed by atoms with Crippen LogP contribution in [0, 0.1) is 0 Å². The molecule has 0 aromatic heterocycles. The Morgan fingerprint density at radius 1 is 0.346 bits per heavy atom. The average molecular weight is 664 g/mol.